The van der Waals surface area contributed by atoms with Crippen molar-refractivity contribution in [3.8, 4) is 0 Å². The van der Waals surface area contributed by atoms with Crippen molar-refractivity contribution in [1.82, 2.24) is 5.32 Å². The maximum Gasteiger partial charge on any atom is 0.216 e. The summed E-state index contributed by atoms with van der Waals surface area (Å²) in [7, 11) is 0. The number of piperidine rings is 1. The Kier molecular flexibility index (Phi) is 5.43. The summed E-state index contributed by atoms with van der Waals surface area (Å²) in [6.07, 6.45) is 2.22. The van der Waals surface area contributed by atoms with Gasteiger partial charge in [0.1, 0.15) is 0 Å². The van der Waals surface area contributed by atoms with E-state index in [4.69, 9.17) is 5.73 Å². The number of halogens is 1. The number of carbonyl (C=O) groups excluding carboxylic acids is 1. The van der Waals surface area contributed by atoms with Crippen molar-refractivity contribution in [2.24, 2.45) is 11.7 Å². The molecule has 1 saturated heterocycles. The van der Waals surface area contributed by atoms with Gasteiger partial charge in [-0.1, -0.05) is 22.0 Å². The van der Waals surface area contributed by atoms with Crippen molar-refractivity contribution >= 4 is 27.5 Å². The highest BCUT2D eigenvalue weighted by molar-refractivity contribution is 9.10. The average molecular weight is 340 g/mol. The molecular weight excluding hydrogens is 318 g/mol. The number of nitrogens with one attached hydrogen (secondary N) is 1. The van der Waals surface area contributed by atoms with E-state index in [1.54, 1.807) is 6.92 Å². The minimum atomic E-state index is 0.0600. The Morgan fingerprint density at radius 1 is 1.45 bits per heavy atom. The van der Waals surface area contributed by atoms with Gasteiger partial charge in [0.2, 0.25) is 5.91 Å². The normalized spacial score (nSPS) is 16.2. The Labute approximate surface area is 128 Å². The first-order valence-corrected chi connectivity index (χ1v) is 7.87. The molecule has 5 heteroatoms. The summed E-state index contributed by atoms with van der Waals surface area (Å²) in [5.74, 6) is 0.647. The second kappa shape index (κ2) is 7.09. The zero-order valence-corrected chi connectivity index (χ0v) is 13.4. The average Bonchev–Trinajstić information content (AvgIpc) is 2.45. The lowest BCUT2D eigenvalue weighted by Crippen LogP contribution is -2.38. The van der Waals surface area contributed by atoms with Gasteiger partial charge in [-0.2, -0.15) is 0 Å². The van der Waals surface area contributed by atoms with Gasteiger partial charge >= 0.3 is 0 Å². The van der Waals surface area contributed by atoms with Crippen LogP contribution < -0.4 is 16.0 Å². The van der Waals surface area contributed by atoms with Gasteiger partial charge in [-0.05, 0) is 36.5 Å². The van der Waals surface area contributed by atoms with Gasteiger partial charge in [0, 0.05) is 43.3 Å². The van der Waals surface area contributed by atoms with Gasteiger partial charge < -0.3 is 16.0 Å². The molecule has 2 rings (SSSR count). The third-order valence-electron chi connectivity index (χ3n) is 3.86. The maximum atomic E-state index is 11.0. The number of hydrogen-bond donors (Lipinski definition) is 2. The summed E-state index contributed by atoms with van der Waals surface area (Å²) >= 11 is 3.53. The Hall–Kier alpha value is -1.07. The first-order valence-electron chi connectivity index (χ1n) is 7.08. The van der Waals surface area contributed by atoms with Crippen molar-refractivity contribution in [1.29, 1.82) is 0 Å². The van der Waals surface area contributed by atoms with Crippen LogP contribution in [-0.2, 0) is 11.3 Å². The van der Waals surface area contributed by atoms with Gasteiger partial charge in [0.25, 0.3) is 0 Å². The zero-order chi connectivity index (χ0) is 14.5. The number of anilines is 1. The summed E-state index contributed by atoms with van der Waals surface area (Å²) < 4.78 is 1.09. The molecule has 1 aromatic rings. The van der Waals surface area contributed by atoms with E-state index in [-0.39, 0.29) is 5.91 Å². The largest absolute Gasteiger partial charge is 0.371 e. The fourth-order valence-electron chi connectivity index (χ4n) is 2.67. The molecule has 0 aliphatic carbocycles. The molecule has 4 nitrogen and oxygen atoms in total. The molecule has 0 unspecified atom stereocenters. The molecule has 1 aromatic carbocycles. The molecule has 1 aliphatic heterocycles. The van der Waals surface area contributed by atoms with Crippen LogP contribution in [0.3, 0.4) is 0 Å². The van der Waals surface area contributed by atoms with Crippen LogP contribution in [0.25, 0.3) is 0 Å². The lowest BCUT2D eigenvalue weighted by Gasteiger charge is -2.35. The monoisotopic (exact) mass is 339 g/mol. The van der Waals surface area contributed by atoms with Crippen molar-refractivity contribution < 1.29 is 4.79 Å². The lowest BCUT2D eigenvalue weighted by atomic mass is 9.96. The molecule has 0 aromatic heterocycles. The summed E-state index contributed by atoms with van der Waals surface area (Å²) in [5, 5.41) is 2.92. The Balaban J connectivity index is 1.96. The molecule has 1 fully saturated rings. The van der Waals surface area contributed by atoms with Crippen LogP contribution in [-0.4, -0.2) is 25.5 Å². The molecule has 110 valence electrons. The van der Waals surface area contributed by atoms with Crippen molar-refractivity contribution in [2.45, 2.75) is 26.3 Å². The van der Waals surface area contributed by atoms with E-state index in [2.05, 4.69) is 38.3 Å². The van der Waals surface area contributed by atoms with E-state index >= 15 is 0 Å². The number of amides is 1. The van der Waals surface area contributed by atoms with Gasteiger partial charge in [0.15, 0.2) is 0 Å². The molecule has 20 heavy (non-hydrogen) atoms. The Morgan fingerprint density at radius 3 is 2.75 bits per heavy atom. The van der Waals surface area contributed by atoms with Gasteiger partial charge in [-0.25, -0.2) is 0 Å². The fourth-order valence-corrected chi connectivity index (χ4v) is 3.02. The summed E-state index contributed by atoms with van der Waals surface area (Å²) in [6.45, 7) is 4.98. The summed E-state index contributed by atoms with van der Waals surface area (Å²) in [5.41, 5.74) is 8.25. The van der Waals surface area contributed by atoms with Gasteiger partial charge in [-0.15, -0.1) is 0 Å². The second-order valence-corrected chi connectivity index (χ2v) is 6.26. The topological polar surface area (TPSA) is 58.4 Å². The number of benzene rings is 1. The van der Waals surface area contributed by atoms with Crippen LogP contribution in [0.1, 0.15) is 25.3 Å². The van der Waals surface area contributed by atoms with Crippen LogP contribution in [0.5, 0.6) is 0 Å². The molecule has 1 heterocycles. The van der Waals surface area contributed by atoms with Crippen molar-refractivity contribution in [2.75, 3.05) is 24.5 Å². The highest BCUT2D eigenvalue weighted by Crippen LogP contribution is 2.28. The predicted molar refractivity (Wildman–Crippen MR) is 85.7 cm³/mol. The van der Waals surface area contributed by atoms with Crippen LogP contribution >= 0.6 is 15.9 Å². The number of hydrogen-bond acceptors (Lipinski definition) is 3. The minimum Gasteiger partial charge on any atom is -0.371 e. The van der Waals surface area contributed by atoms with E-state index in [0.717, 1.165) is 36.9 Å². The van der Waals surface area contributed by atoms with Crippen molar-refractivity contribution in [3.63, 3.8) is 0 Å². The highest BCUT2D eigenvalue weighted by atomic mass is 79.9. The fraction of sp³-hybridized carbons (Fsp3) is 0.533. The SMILES string of the molecule is CC(=O)NCC1CCN(c2cc(Br)ccc2CN)CC1. The molecule has 0 atom stereocenters. The number of nitrogens with zero attached hydrogens (tertiary/aromatic N) is 1. The second-order valence-electron chi connectivity index (χ2n) is 5.34. The van der Waals surface area contributed by atoms with Crippen LogP contribution in [0.15, 0.2) is 22.7 Å². The molecule has 0 radical (unpaired) electrons. The maximum absolute atomic E-state index is 11.0. The first-order chi connectivity index (χ1) is 9.60. The van der Waals surface area contributed by atoms with Gasteiger partial charge in [-0.3, -0.25) is 4.79 Å². The third kappa shape index (κ3) is 3.96. The third-order valence-corrected chi connectivity index (χ3v) is 4.36. The summed E-state index contributed by atoms with van der Waals surface area (Å²) in [4.78, 5) is 13.4. The van der Waals surface area contributed by atoms with E-state index in [1.165, 1.54) is 11.3 Å². The van der Waals surface area contributed by atoms with Crippen LogP contribution in [0.4, 0.5) is 5.69 Å². The Morgan fingerprint density at radius 2 is 2.15 bits per heavy atom. The molecular formula is C15H22BrN3O. The Bertz CT molecular complexity index is 470. The van der Waals surface area contributed by atoms with E-state index < -0.39 is 0 Å². The molecule has 3 N–H and O–H groups in total. The van der Waals surface area contributed by atoms with E-state index in [9.17, 15) is 4.79 Å². The molecule has 0 bridgehead atoms. The standard InChI is InChI=1S/C15H22BrN3O/c1-11(20)18-10-12-4-6-19(7-5-12)15-8-14(16)3-2-13(15)9-17/h2-3,8,12H,4-7,9-10,17H2,1H3,(H,18,20). The van der Waals surface area contributed by atoms with E-state index in [0.29, 0.717) is 12.5 Å². The molecule has 1 aliphatic rings. The van der Waals surface area contributed by atoms with E-state index in [1.807, 2.05) is 6.07 Å². The number of rotatable bonds is 4. The van der Waals surface area contributed by atoms with Gasteiger partial charge in [0.05, 0.1) is 0 Å². The molecule has 0 saturated carbocycles. The van der Waals surface area contributed by atoms with Crippen LogP contribution in [0.2, 0.25) is 0 Å². The molecule has 0 spiro atoms. The zero-order valence-electron chi connectivity index (χ0n) is 11.9. The summed E-state index contributed by atoms with van der Waals surface area (Å²) in [6, 6.07) is 6.27. The molecule has 1 amide bonds. The number of nitrogens with two attached hydrogens (primary N) is 1. The predicted octanol–water partition coefficient (Wildman–Crippen LogP) is 2.26. The van der Waals surface area contributed by atoms with Crippen LogP contribution in [0, 0.1) is 5.92 Å². The highest BCUT2D eigenvalue weighted by Gasteiger charge is 2.21. The smallest absolute Gasteiger partial charge is 0.216 e. The first kappa shape index (κ1) is 15.3. The quantitative estimate of drug-likeness (QED) is 0.884. The number of carbonyl (C=O) groups is 1. The minimum absolute atomic E-state index is 0.0600. The van der Waals surface area contributed by atoms with Crippen molar-refractivity contribution in [3.05, 3.63) is 28.2 Å². The lowest BCUT2D eigenvalue weighted by molar-refractivity contribution is -0.119.